The van der Waals surface area contributed by atoms with Crippen molar-refractivity contribution in [2.45, 2.75) is 13.5 Å². The van der Waals surface area contributed by atoms with Gasteiger partial charge in [0.15, 0.2) is 0 Å². The molecule has 1 N–H and O–H groups in total. The summed E-state index contributed by atoms with van der Waals surface area (Å²) in [4.78, 5) is 0. The Morgan fingerprint density at radius 3 is 2.83 bits per heavy atom. The second-order valence-corrected chi connectivity index (χ2v) is 5.98. The smallest absolute Gasteiger partial charge is 0.216 e. The third-order valence-electron chi connectivity index (χ3n) is 2.99. The number of furan rings is 1. The van der Waals surface area contributed by atoms with Crippen LogP contribution in [0.5, 0.6) is 5.75 Å². The number of ether oxygens (including phenoxy) is 1. The number of hydrogen-bond acceptors (Lipinski definition) is 5. The Kier molecular flexibility index (Phi) is 4.73. The number of benzene rings is 1. The Labute approximate surface area is 145 Å². The van der Waals surface area contributed by atoms with Crippen molar-refractivity contribution in [1.82, 2.24) is 14.9 Å². The number of aromatic nitrogens is 3. The summed E-state index contributed by atoms with van der Waals surface area (Å²) in [5.74, 6) is 2.78. The lowest BCUT2D eigenvalue weighted by atomic mass is 10.3. The minimum absolute atomic E-state index is 0.347. The van der Waals surface area contributed by atoms with Gasteiger partial charge in [-0.2, -0.15) is 14.9 Å². The molecule has 0 aliphatic rings. The van der Waals surface area contributed by atoms with Gasteiger partial charge in [0.1, 0.15) is 29.7 Å². The number of H-pyrrole nitrogens is 1. The van der Waals surface area contributed by atoms with Crippen LogP contribution in [-0.4, -0.2) is 21.1 Å². The number of nitrogens with one attached hydrogen (secondary N) is 1. The zero-order chi connectivity index (χ0) is 16.2. The second-order valence-electron chi connectivity index (χ2n) is 4.68. The molecule has 0 unspecified atom stereocenters. The second kappa shape index (κ2) is 6.93. The number of nitrogens with zero attached hydrogens (tertiary/aromatic N) is 3. The van der Waals surface area contributed by atoms with Gasteiger partial charge in [0.05, 0.1) is 6.21 Å². The lowest BCUT2D eigenvalue weighted by Crippen LogP contribution is -1.94. The molecule has 0 aliphatic heterocycles. The lowest BCUT2D eigenvalue weighted by Gasteiger charge is -2.03. The number of rotatable bonds is 5. The summed E-state index contributed by atoms with van der Waals surface area (Å²) in [5, 5.41) is 10.9. The Balaban J connectivity index is 1.64. The van der Waals surface area contributed by atoms with E-state index in [1.54, 1.807) is 6.21 Å². The minimum atomic E-state index is 0.347. The van der Waals surface area contributed by atoms with E-state index in [1.165, 1.54) is 4.68 Å². The zero-order valence-electron chi connectivity index (χ0n) is 12.2. The molecule has 118 valence electrons. The fourth-order valence-electron chi connectivity index (χ4n) is 1.85. The summed E-state index contributed by atoms with van der Waals surface area (Å²) < 4.78 is 14.3. The maximum atomic E-state index is 5.65. The van der Waals surface area contributed by atoms with Gasteiger partial charge in [-0.05, 0) is 55.5 Å². The number of hydrogen-bond donors (Lipinski definition) is 1. The van der Waals surface area contributed by atoms with Crippen LogP contribution in [0.4, 0.5) is 0 Å². The molecule has 8 heteroatoms. The van der Waals surface area contributed by atoms with Crippen LogP contribution in [-0.2, 0) is 6.61 Å². The highest BCUT2D eigenvalue weighted by atomic mass is 79.9. The lowest BCUT2D eigenvalue weighted by molar-refractivity contribution is 0.270. The molecule has 1 aromatic carbocycles. The van der Waals surface area contributed by atoms with Gasteiger partial charge in [-0.1, -0.05) is 15.9 Å². The highest BCUT2D eigenvalue weighted by molar-refractivity contribution is 9.10. The van der Waals surface area contributed by atoms with Gasteiger partial charge in [0.25, 0.3) is 0 Å². The van der Waals surface area contributed by atoms with Gasteiger partial charge >= 0.3 is 0 Å². The number of aryl methyl sites for hydroxylation is 1. The average Bonchev–Trinajstić information content (AvgIpc) is 3.12. The highest BCUT2D eigenvalue weighted by Gasteiger charge is 2.03. The van der Waals surface area contributed by atoms with E-state index in [2.05, 4.69) is 31.2 Å². The van der Waals surface area contributed by atoms with Gasteiger partial charge in [0, 0.05) is 4.47 Å². The third-order valence-corrected chi connectivity index (χ3v) is 3.78. The van der Waals surface area contributed by atoms with E-state index in [0.29, 0.717) is 28.7 Å². The third kappa shape index (κ3) is 3.96. The molecule has 0 spiro atoms. The molecule has 0 bridgehead atoms. The average molecular weight is 393 g/mol. The molecular weight excluding hydrogens is 380 g/mol. The molecule has 0 saturated carbocycles. The first-order valence-corrected chi connectivity index (χ1v) is 7.97. The molecule has 0 amide bonds. The van der Waals surface area contributed by atoms with Crippen LogP contribution < -0.4 is 4.74 Å². The molecule has 0 saturated heterocycles. The van der Waals surface area contributed by atoms with Crippen molar-refractivity contribution in [3.05, 3.63) is 63.0 Å². The fourth-order valence-corrected chi connectivity index (χ4v) is 2.34. The normalized spacial score (nSPS) is 11.2. The Bertz CT molecular complexity index is 880. The molecule has 0 aliphatic carbocycles. The molecule has 0 radical (unpaired) electrons. The van der Waals surface area contributed by atoms with Crippen molar-refractivity contribution < 1.29 is 9.15 Å². The van der Waals surface area contributed by atoms with E-state index in [1.807, 2.05) is 43.3 Å². The van der Waals surface area contributed by atoms with E-state index in [4.69, 9.17) is 21.4 Å². The predicted molar refractivity (Wildman–Crippen MR) is 92.3 cm³/mol. The standard InChI is InChI=1S/C15H13BrN4O2S/c1-10-18-19-15(23)20(10)17-8-13-6-7-14(22-13)9-21-12-4-2-11(16)3-5-12/h2-8H,9H2,1H3,(H,19,23)/b17-8-. The Morgan fingerprint density at radius 1 is 1.35 bits per heavy atom. The molecule has 2 aromatic heterocycles. The van der Waals surface area contributed by atoms with Crippen LogP contribution in [0.3, 0.4) is 0 Å². The van der Waals surface area contributed by atoms with Crippen molar-refractivity contribution in [1.29, 1.82) is 0 Å². The van der Waals surface area contributed by atoms with Gasteiger partial charge in [-0.25, -0.2) is 0 Å². The van der Waals surface area contributed by atoms with E-state index in [0.717, 1.165) is 10.2 Å². The van der Waals surface area contributed by atoms with Crippen molar-refractivity contribution >= 4 is 34.4 Å². The first kappa shape index (κ1) is 15.7. The largest absolute Gasteiger partial charge is 0.486 e. The van der Waals surface area contributed by atoms with Crippen LogP contribution in [0.1, 0.15) is 17.3 Å². The Hall–Kier alpha value is -2.19. The van der Waals surface area contributed by atoms with Gasteiger partial charge in [0.2, 0.25) is 4.77 Å². The fraction of sp³-hybridized carbons (Fsp3) is 0.133. The molecule has 0 fully saturated rings. The number of halogens is 1. The van der Waals surface area contributed by atoms with E-state index >= 15 is 0 Å². The number of aromatic amines is 1. The maximum absolute atomic E-state index is 5.65. The molecule has 3 aromatic rings. The molecule has 23 heavy (non-hydrogen) atoms. The molecule has 3 rings (SSSR count). The SMILES string of the molecule is Cc1n[nH]c(=S)n1/N=C\c1ccc(COc2ccc(Br)cc2)o1. The monoisotopic (exact) mass is 392 g/mol. The maximum Gasteiger partial charge on any atom is 0.216 e. The van der Waals surface area contributed by atoms with Crippen LogP contribution in [0.15, 0.2) is 50.4 Å². The summed E-state index contributed by atoms with van der Waals surface area (Å²) in [6, 6.07) is 11.3. The summed E-state index contributed by atoms with van der Waals surface area (Å²) in [6.07, 6.45) is 1.58. The summed E-state index contributed by atoms with van der Waals surface area (Å²) >= 11 is 8.46. The molecule has 0 atom stereocenters. The van der Waals surface area contributed by atoms with Gasteiger partial charge in [-0.3, -0.25) is 5.10 Å². The van der Waals surface area contributed by atoms with Gasteiger partial charge in [-0.15, -0.1) is 0 Å². The highest BCUT2D eigenvalue weighted by Crippen LogP contribution is 2.18. The molecule has 6 nitrogen and oxygen atoms in total. The first-order chi connectivity index (χ1) is 11.1. The molecular formula is C15H13BrN4O2S. The van der Waals surface area contributed by atoms with Crippen molar-refractivity contribution in [2.75, 3.05) is 0 Å². The summed E-state index contributed by atoms with van der Waals surface area (Å²) in [5.41, 5.74) is 0. The first-order valence-electron chi connectivity index (χ1n) is 6.77. The summed E-state index contributed by atoms with van der Waals surface area (Å²) in [7, 11) is 0. The summed E-state index contributed by atoms with van der Waals surface area (Å²) in [6.45, 7) is 2.16. The van der Waals surface area contributed by atoms with E-state index in [-0.39, 0.29) is 0 Å². The van der Waals surface area contributed by atoms with Crippen LogP contribution in [0, 0.1) is 11.7 Å². The van der Waals surface area contributed by atoms with Gasteiger partial charge < -0.3 is 9.15 Å². The molecule has 2 heterocycles. The van der Waals surface area contributed by atoms with Crippen LogP contribution in [0.2, 0.25) is 0 Å². The van der Waals surface area contributed by atoms with E-state index < -0.39 is 0 Å². The van der Waals surface area contributed by atoms with Crippen LogP contribution in [0.25, 0.3) is 0 Å². The Morgan fingerprint density at radius 2 is 2.13 bits per heavy atom. The quantitative estimate of drug-likeness (QED) is 0.524. The zero-order valence-corrected chi connectivity index (χ0v) is 14.6. The topological polar surface area (TPSA) is 68.3 Å². The predicted octanol–water partition coefficient (Wildman–Crippen LogP) is 4.07. The van der Waals surface area contributed by atoms with Crippen molar-refractivity contribution in [2.24, 2.45) is 5.10 Å². The minimum Gasteiger partial charge on any atom is -0.486 e. The van der Waals surface area contributed by atoms with Crippen LogP contribution >= 0.6 is 28.1 Å². The van der Waals surface area contributed by atoms with Crippen molar-refractivity contribution in [3.8, 4) is 5.75 Å². The van der Waals surface area contributed by atoms with E-state index in [9.17, 15) is 0 Å². The van der Waals surface area contributed by atoms with Crippen molar-refractivity contribution in [3.63, 3.8) is 0 Å².